The molecule has 196 valence electrons. The minimum Gasteiger partial charge on any atom is -0.493 e. The van der Waals surface area contributed by atoms with Gasteiger partial charge in [0.1, 0.15) is 40.7 Å². The predicted octanol–water partition coefficient (Wildman–Crippen LogP) is 9.07. The molecule has 0 aliphatic rings. The Morgan fingerprint density at radius 1 is 0.763 bits per heavy atom. The molecule has 4 aromatic rings. The van der Waals surface area contributed by atoms with E-state index in [0.29, 0.717) is 45.4 Å². The molecular weight excluding hydrogens is 490 g/mol. The number of ether oxygens (including phenoxy) is 1. The zero-order chi connectivity index (χ0) is 27.1. The van der Waals surface area contributed by atoms with Crippen molar-refractivity contribution in [3.63, 3.8) is 0 Å². The monoisotopic (exact) mass is 519 g/mol. The molecule has 6 heteroatoms. The molecule has 0 spiro atoms. The van der Waals surface area contributed by atoms with E-state index in [1.165, 1.54) is 31.4 Å². The Balaban J connectivity index is 1.46. The van der Waals surface area contributed by atoms with Crippen molar-refractivity contribution in [1.29, 1.82) is 5.26 Å². The van der Waals surface area contributed by atoms with Crippen LogP contribution in [0.4, 0.5) is 17.6 Å². The highest BCUT2D eigenvalue weighted by atomic mass is 19.1. The third kappa shape index (κ3) is 6.34. The molecule has 0 aliphatic heterocycles. The quantitative estimate of drug-likeness (QED) is 0.146. The van der Waals surface area contributed by atoms with Gasteiger partial charge in [-0.1, -0.05) is 56.9 Å². The number of nitriles is 1. The molecule has 0 amide bonds. The molecule has 0 saturated heterocycles. The zero-order valence-electron chi connectivity index (χ0n) is 21.3. The molecule has 0 atom stereocenters. The number of nitrogens with zero attached hydrogens (tertiary/aromatic N) is 1. The number of hydrogen-bond acceptors (Lipinski definition) is 2. The van der Waals surface area contributed by atoms with E-state index in [1.807, 2.05) is 0 Å². The number of hydrogen-bond donors (Lipinski definition) is 0. The molecule has 2 nitrogen and oxygen atoms in total. The average Bonchev–Trinajstić information content (AvgIpc) is 2.90. The van der Waals surface area contributed by atoms with Crippen molar-refractivity contribution in [2.75, 3.05) is 6.61 Å². The molecule has 0 N–H and O–H groups in total. The van der Waals surface area contributed by atoms with E-state index in [2.05, 4.69) is 6.92 Å². The van der Waals surface area contributed by atoms with Crippen LogP contribution in [-0.2, 0) is 12.8 Å². The lowest BCUT2D eigenvalue weighted by Crippen LogP contribution is -1.99. The Bertz CT molecular complexity index is 1450. The Hall–Kier alpha value is -3.85. The fourth-order valence-corrected chi connectivity index (χ4v) is 4.57. The van der Waals surface area contributed by atoms with Gasteiger partial charge in [-0.15, -0.1) is 0 Å². The van der Waals surface area contributed by atoms with Gasteiger partial charge in [0.15, 0.2) is 0 Å². The highest BCUT2D eigenvalue weighted by Gasteiger charge is 2.14. The van der Waals surface area contributed by atoms with Gasteiger partial charge in [0.05, 0.1) is 6.61 Å². The van der Waals surface area contributed by atoms with E-state index in [1.54, 1.807) is 42.5 Å². The molecule has 4 rings (SSSR count). The summed E-state index contributed by atoms with van der Waals surface area (Å²) >= 11 is 0. The van der Waals surface area contributed by atoms with E-state index < -0.39 is 28.8 Å². The van der Waals surface area contributed by atoms with E-state index >= 15 is 4.39 Å². The molecule has 38 heavy (non-hydrogen) atoms. The van der Waals surface area contributed by atoms with E-state index in [4.69, 9.17) is 10.00 Å². The summed E-state index contributed by atoms with van der Waals surface area (Å²) in [7, 11) is 0. The third-order valence-electron chi connectivity index (χ3n) is 6.70. The van der Waals surface area contributed by atoms with Crippen LogP contribution in [0, 0.1) is 34.6 Å². The van der Waals surface area contributed by atoms with Crippen molar-refractivity contribution in [2.45, 2.75) is 51.9 Å². The third-order valence-corrected chi connectivity index (χ3v) is 6.70. The van der Waals surface area contributed by atoms with Gasteiger partial charge in [0.25, 0.3) is 0 Å². The summed E-state index contributed by atoms with van der Waals surface area (Å²) in [4.78, 5) is 0. The smallest absolute Gasteiger partial charge is 0.144 e. The van der Waals surface area contributed by atoms with Crippen molar-refractivity contribution in [2.24, 2.45) is 0 Å². The first-order valence-corrected chi connectivity index (χ1v) is 12.9. The molecule has 0 saturated carbocycles. The lowest BCUT2D eigenvalue weighted by atomic mass is 9.96. The van der Waals surface area contributed by atoms with Crippen LogP contribution in [0.5, 0.6) is 5.75 Å². The van der Waals surface area contributed by atoms with Crippen LogP contribution >= 0.6 is 0 Å². The Morgan fingerprint density at radius 2 is 1.53 bits per heavy atom. The Kier molecular flexibility index (Phi) is 9.02. The van der Waals surface area contributed by atoms with Gasteiger partial charge in [0, 0.05) is 17.0 Å². The molecule has 0 bridgehead atoms. The van der Waals surface area contributed by atoms with Gasteiger partial charge in [-0.05, 0) is 71.7 Å². The predicted molar refractivity (Wildman–Crippen MR) is 142 cm³/mol. The first kappa shape index (κ1) is 27.2. The Morgan fingerprint density at radius 3 is 2.24 bits per heavy atom. The summed E-state index contributed by atoms with van der Waals surface area (Å²) in [6, 6.07) is 16.9. The number of benzene rings is 4. The minimum atomic E-state index is -0.928. The largest absolute Gasteiger partial charge is 0.493 e. The minimum absolute atomic E-state index is 0.207. The van der Waals surface area contributed by atoms with Gasteiger partial charge < -0.3 is 4.74 Å². The van der Waals surface area contributed by atoms with Crippen molar-refractivity contribution in [3.8, 4) is 22.9 Å². The lowest BCUT2D eigenvalue weighted by molar-refractivity contribution is 0.303. The molecule has 0 radical (unpaired) electrons. The normalized spacial score (nSPS) is 11.1. The molecule has 0 fully saturated rings. The second kappa shape index (κ2) is 12.6. The van der Waals surface area contributed by atoms with Gasteiger partial charge >= 0.3 is 0 Å². The number of halogens is 4. The molecule has 0 heterocycles. The molecular formula is C32H29F4NO. The van der Waals surface area contributed by atoms with Crippen molar-refractivity contribution in [3.05, 3.63) is 101 Å². The van der Waals surface area contributed by atoms with Gasteiger partial charge in [-0.3, -0.25) is 0 Å². The standard InChI is InChI=1S/C32H29F4NO/c1-2-3-4-5-6-15-38-25-12-14-26(31(35)19-25)23-11-13-27-24(18-23)10-9-22(32(27)36)8-7-21-16-29(33)28(20-37)30(34)17-21/h9-14,16-19H,2-8,15H2,1H3. The van der Waals surface area contributed by atoms with Crippen LogP contribution in [0.25, 0.3) is 21.9 Å². The molecule has 0 unspecified atom stereocenters. The molecule has 0 aliphatic carbocycles. The summed E-state index contributed by atoms with van der Waals surface area (Å²) in [6.45, 7) is 2.72. The van der Waals surface area contributed by atoms with Crippen LogP contribution in [0.3, 0.4) is 0 Å². The molecule has 0 aromatic heterocycles. The van der Waals surface area contributed by atoms with E-state index in [-0.39, 0.29) is 12.8 Å². The summed E-state index contributed by atoms with van der Waals surface area (Å²) in [5.74, 6) is -2.20. The Labute approximate surface area is 220 Å². The highest BCUT2D eigenvalue weighted by molar-refractivity contribution is 5.88. The highest BCUT2D eigenvalue weighted by Crippen LogP contribution is 2.31. The van der Waals surface area contributed by atoms with Crippen molar-refractivity contribution in [1.82, 2.24) is 0 Å². The number of aryl methyl sites for hydroxylation is 2. The van der Waals surface area contributed by atoms with Crippen molar-refractivity contribution < 1.29 is 22.3 Å². The van der Waals surface area contributed by atoms with Crippen molar-refractivity contribution >= 4 is 10.8 Å². The first-order chi connectivity index (χ1) is 18.4. The lowest BCUT2D eigenvalue weighted by Gasteiger charge is -2.11. The summed E-state index contributed by atoms with van der Waals surface area (Å²) in [5.41, 5.74) is 1.14. The fraction of sp³-hybridized carbons (Fsp3) is 0.281. The summed E-state index contributed by atoms with van der Waals surface area (Å²) in [5, 5.41) is 9.81. The molecule has 4 aromatic carbocycles. The second-order valence-electron chi connectivity index (χ2n) is 9.43. The average molecular weight is 520 g/mol. The van der Waals surface area contributed by atoms with Crippen LogP contribution in [-0.4, -0.2) is 6.61 Å². The van der Waals surface area contributed by atoms with E-state index in [0.717, 1.165) is 25.0 Å². The van der Waals surface area contributed by atoms with Crippen LogP contribution in [0.15, 0.2) is 60.7 Å². The van der Waals surface area contributed by atoms with Crippen LogP contribution in [0.1, 0.15) is 55.7 Å². The van der Waals surface area contributed by atoms with Gasteiger partial charge in [0.2, 0.25) is 0 Å². The van der Waals surface area contributed by atoms with Crippen LogP contribution < -0.4 is 4.74 Å². The second-order valence-corrected chi connectivity index (χ2v) is 9.43. The summed E-state index contributed by atoms with van der Waals surface area (Å²) in [6.07, 6.45) is 6.02. The summed E-state index contributed by atoms with van der Waals surface area (Å²) < 4.78 is 63.6. The maximum Gasteiger partial charge on any atom is 0.144 e. The topological polar surface area (TPSA) is 33.0 Å². The van der Waals surface area contributed by atoms with Gasteiger partial charge in [-0.2, -0.15) is 5.26 Å². The van der Waals surface area contributed by atoms with Crippen LogP contribution in [0.2, 0.25) is 0 Å². The number of rotatable bonds is 11. The maximum absolute atomic E-state index is 15.2. The zero-order valence-corrected chi connectivity index (χ0v) is 21.3. The fourth-order valence-electron chi connectivity index (χ4n) is 4.57. The number of fused-ring (bicyclic) bond motifs is 1. The first-order valence-electron chi connectivity index (χ1n) is 12.9. The maximum atomic E-state index is 15.2. The number of unbranched alkanes of at least 4 members (excludes halogenated alkanes) is 4. The van der Waals surface area contributed by atoms with E-state index in [9.17, 15) is 13.2 Å². The SMILES string of the molecule is CCCCCCCOc1ccc(-c2ccc3c(F)c(CCc4cc(F)c(C#N)c(F)c4)ccc3c2)c(F)c1. The van der Waals surface area contributed by atoms with Gasteiger partial charge in [-0.25, -0.2) is 17.6 Å².